The van der Waals surface area contributed by atoms with E-state index in [9.17, 15) is 0 Å². The average Bonchev–Trinajstić information content (AvgIpc) is 3.44. The largest absolute Gasteiger partial charge is 0.383 e. The van der Waals surface area contributed by atoms with Gasteiger partial charge in [0.1, 0.15) is 5.82 Å². The highest BCUT2D eigenvalue weighted by Crippen LogP contribution is 2.40. The number of fused-ring (bicyclic) bond motifs is 3. The molecular formula is C26H28N6O. The minimum absolute atomic E-state index is 0.377. The number of hydrogen-bond donors (Lipinski definition) is 2. The molecule has 0 spiro atoms. The number of nitrogens with one attached hydrogen (secondary N) is 1. The summed E-state index contributed by atoms with van der Waals surface area (Å²) in [6.07, 6.45) is 8.40. The van der Waals surface area contributed by atoms with E-state index in [4.69, 9.17) is 20.4 Å². The van der Waals surface area contributed by atoms with Crippen LogP contribution in [0.25, 0.3) is 28.0 Å². The highest BCUT2D eigenvalue weighted by atomic mass is 16.5. The summed E-state index contributed by atoms with van der Waals surface area (Å²) in [5.41, 5.74) is 13.4. The minimum atomic E-state index is 0.377. The maximum atomic E-state index is 6.64. The second-order valence-electron chi connectivity index (χ2n) is 9.19. The standard InChI is InChI=1S/C26H28N6O/c1-33-15-22-24(18-11-19-8-9-20(12-18)30-19)31-26-21(14-29-32(26)25(22)27)17-7-10-23(28-13-17)16-5-3-2-4-6-16/h2-7,10,13-14,18-20,30H,8-9,11-12,15,27H2,1H3/t18-,19+,20-. The molecule has 2 bridgehead atoms. The highest BCUT2D eigenvalue weighted by Gasteiger charge is 2.36. The number of nitrogen functional groups attached to an aromatic ring is 1. The van der Waals surface area contributed by atoms with E-state index >= 15 is 0 Å². The number of pyridine rings is 1. The van der Waals surface area contributed by atoms with E-state index in [0.29, 0.717) is 30.4 Å². The molecule has 6 rings (SSSR count). The first-order chi connectivity index (χ1) is 16.2. The zero-order chi connectivity index (χ0) is 22.4. The van der Waals surface area contributed by atoms with Crippen molar-refractivity contribution in [1.29, 1.82) is 0 Å². The van der Waals surface area contributed by atoms with Crippen molar-refractivity contribution in [2.24, 2.45) is 0 Å². The summed E-state index contributed by atoms with van der Waals surface area (Å²) in [4.78, 5) is 9.87. The highest BCUT2D eigenvalue weighted by molar-refractivity contribution is 5.79. The molecule has 1 aromatic carbocycles. The third-order valence-corrected chi connectivity index (χ3v) is 7.11. The number of piperidine rings is 1. The van der Waals surface area contributed by atoms with Gasteiger partial charge in [0.15, 0.2) is 5.65 Å². The van der Waals surface area contributed by atoms with Gasteiger partial charge in [-0.1, -0.05) is 36.4 Å². The molecule has 0 amide bonds. The Kier molecular flexibility index (Phi) is 5.08. The van der Waals surface area contributed by atoms with Crippen molar-refractivity contribution in [2.75, 3.05) is 12.8 Å². The van der Waals surface area contributed by atoms with Gasteiger partial charge >= 0.3 is 0 Å². The lowest BCUT2D eigenvalue weighted by Crippen LogP contribution is -2.37. The Morgan fingerprint density at radius 3 is 2.52 bits per heavy atom. The first kappa shape index (κ1) is 20.3. The van der Waals surface area contributed by atoms with Gasteiger partial charge in [-0.05, 0) is 31.7 Å². The second-order valence-corrected chi connectivity index (χ2v) is 9.19. The van der Waals surface area contributed by atoms with Crippen molar-refractivity contribution in [1.82, 2.24) is 24.9 Å². The van der Waals surface area contributed by atoms with Crippen molar-refractivity contribution >= 4 is 11.5 Å². The van der Waals surface area contributed by atoms with Crippen molar-refractivity contribution in [2.45, 2.75) is 50.3 Å². The maximum Gasteiger partial charge on any atom is 0.165 e. The van der Waals surface area contributed by atoms with Crippen LogP contribution < -0.4 is 11.1 Å². The lowest BCUT2D eigenvalue weighted by atomic mass is 9.87. The van der Waals surface area contributed by atoms with E-state index in [0.717, 1.165) is 52.1 Å². The molecule has 3 atom stereocenters. The summed E-state index contributed by atoms with van der Waals surface area (Å²) in [6, 6.07) is 15.5. The SMILES string of the molecule is COCc1c([C@H]2C[C@H]3CC[C@@H](C2)N3)nc2c(-c3ccc(-c4ccccc4)nc3)cnn2c1N. The van der Waals surface area contributed by atoms with Gasteiger partial charge in [-0.2, -0.15) is 9.61 Å². The fourth-order valence-electron chi connectivity index (χ4n) is 5.51. The molecule has 2 saturated heterocycles. The van der Waals surface area contributed by atoms with E-state index in [-0.39, 0.29) is 0 Å². The average molecular weight is 441 g/mol. The van der Waals surface area contributed by atoms with Gasteiger partial charge in [0.2, 0.25) is 0 Å². The molecule has 3 aromatic heterocycles. The zero-order valence-corrected chi connectivity index (χ0v) is 18.7. The summed E-state index contributed by atoms with van der Waals surface area (Å²) in [5, 5.41) is 8.31. The smallest absolute Gasteiger partial charge is 0.165 e. The summed E-state index contributed by atoms with van der Waals surface area (Å²) in [7, 11) is 1.70. The van der Waals surface area contributed by atoms with Gasteiger partial charge in [0, 0.05) is 53.6 Å². The van der Waals surface area contributed by atoms with Crippen molar-refractivity contribution < 1.29 is 4.74 Å². The van der Waals surface area contributed by atoms with Gasteiger partial charge in [0.25, 0.3) is 0 Å². The fourth-order valence-corrected chi connectivity index (χ4v) is 5.51. The number of methoxy groups -OCH3 is 1. The Morgan fingerprint density at radius 1 is 1.03 bits per heavy atom. The number of nitrogens with two attached hydrogens (primary N) is 1. The number of rotatable bonds is 5. The predicted molar refractivity (Wildman–Crippen MR) is 129 cm³/mol. The quantitative estimate of drug-likeness (QED) is 0.484. The van der Waals surface area contributed by atoms with Crippen molar-refractivity contribution in [3.8, 4) is 22.4 Å². The molecule has 0 unspecified atom stereocenters. The third-order valence-electron chi connectivity index (χ3n) is 7.11. The summed E-state index contributed by atoms with van der Waals surface area (Å²) in [6.45, 7) is 0.436. The Morgan fingerprint density at radius 2 is 1.82 bits per heavy atom. The molecule has 4 aromatic rings. The van der Waals surface area contributed by atoms with Crippen LogP contribution in [0.2, 0.25) is 0 Å². The van der Waals surface area contributed by atoms with Crippen molar-refractivity contribution in [3.63, 3.8) is 0 Å². The molecule has 7 nitrogen and oxygen atoms in total. The van der Waals surface area contributed by atoms with Crippen LogP contribution in [0.3, 0.4) is 0 Å². The monoisotopic (exact) mass is 440 g/mol. The van der Waals surface area contributed by atoms with Crippen LogP contribution in [0.4, 0.5) is 5.82 Å². The summed E-state index contributed by atoms with van der Waals surface area (Å²) >= 11 is 0. The predicted octanol–water partition coefficient (Wildman–Crippen LogP) is 4.18. The van der Waals surface area contributed by atoms with E-state index in [1.807, 2.05) is 36.7 Å². The van der Waals surface area contributed by atoms with Crippen molar-refractivity contribution in [3.05, 3.63) is 66.1 Å². The Balaban J connectivity index is 1.43. The minimum Gasteiger partial charge on any atom is -0.383 e. The molecule has 3 N–H and O–H groups in total. The lowest BCUT2D eigenvalue weighted by molar-refractivity contribution is 0.182. The lowest BCUT2D eigenvalue weighted by Gasteiger charge is -2.30. The molecule has 0 aliphatic carbocycles. The number of nitrogens with zero attached hydrogens (tertiary/aromatic N) is 4. The van der Waals surface area contributed by atoms with E-state index < -0.39 is 0 Å². The van der Waals surface area contributed by atoms with Crippen LogP contribution in [0, 0.1) is 0 Å². The van der Waals surface area contributed by atoms with Crippen LogP contribution in [0.15, 0.2) is 54.9 Å². The molecule has 7 heteroatoms. The summed E-state index contributed by atoms with van der Waals surface area (Å²) < 4.78 is 7.26. The maximum absolute atomic E-state index is 6.64. The third kappa shape index (κ3) is 3.57. The fraction of sp³-hybridized carbons (Fsp3) is 0.346. The number of anilines is 1. The van der Waals surface area contributed by atoms with Crippen LogP contribution in [-0.2, 0) is 11.3 Å². The molecule has 2 fully saturated rings. The number of hydrogen-bond acceptors (Lipinski definition) is 6. The molecule has 168 valence electrons. The molecular weight excluding hydrogens is 412 g/mol. The molecule has 0 saturated carbocycles. The molecule has 33 heavy (non-hydrogen) atoms. The second kappa shape index (κ2) is 8.24. The topological polar surface area (TPSA) is 90.4 Å². The first-order valence-electron chi connectivity index (χ1n) is 11.6. The van der Waals surface area contributed by atoms with Gasteiger partial charge in [-0.25, -0.2) is 4.98 Å². The molecule has 0 radical (unpaired) electrons. The number of aromatic nitrogens is 4. The van der Waals surface area contributed by atoms with Crippen LogP contribution in [0.5, 0.6) is 0 Å². The Labute approximate surface area is 193 Å². The molecule has 2 aliphatic heterocycles. The molecule has 5 heterocycles. The number of benzene rings is 1. The normalized spacial score (nSPS) is 22.2. The molecule has 2 aliphatic rings. The van der Waals surface area contributed by atoms with Gasteiger partial charge in [-0.3, -0.25) is 4.98 Å². The van der Waals surface area contributed by atoms with Crippen LogP contribution in [-0.4, -0.2) is 38.8 Å². The number of ether oxygens (including phenoxy) is 1. The van der Waals surface area contributed by atoms with E-state index in [2.05, 4.69) is 28.6 Å². The van der Waals surface area contributed by atoms with Gasteiger partial charge < -0.3 is 15.8 Å². The summed E-state index contributed by atoms with van der Waals surface area (Å²) in [5.74, 6) is 0.991. The first-order valence-corrected chi connectivity index (χ1v) is 11.6. The van der Waals surface area contributed by atoms with Crippen LogP contribution in [0.1, 0.15) is 42.9 Å². The van der Waals surface area contributed by atoms with Gasteiger partial charge in [-0.15, -0.1) is 0 Å². The van der Waals surface area contributed by atoms with E-state index in [1.54, 1.807) is 11.6 Å². The van der Waals surface area contributed by atoms with E-state index in [1.165, 1.54) is 12.8 Å². The van der Waals surface area contributed by atoms with Gasteiger partial charge in [0.05, 0.1) is 24.2 Å². The zero-order valence-electron chi connectivity index (χ0n) is 18.7. The Bertz CT molecular complexity index is 1270. The Hall–Kier alpha value is -3.29. The van der Waals surface area contributed by atoms with Crippen LogP contribution >= 0.6 is 0 Å².